The van der Waals surface area contributed by atoms with Crippen LogP contribution in [0.4, 0.5) is 4.39 Å². The number of benzene rings is 1. The fraction of sp³-hybridized carbons (Fsp3) is 0.154. The number of rotatable bonds is 4. The fourth-order valence-electron chi connectivity index (χ4n) is 1.51. The Kier molecular flexibility index (Phi) is 4.28. The number of hydrogen-bond acceptors (Lipinski definition) is 3. The molecule has 0 saturated heterocycles. The van der Waals surface area contributed by atoms with Gasteiger partial charge in [-0.1, -0.05) is 15.9 Å². The van der Waals surface area contributed by atoms with Crippen molar-refractivity contribution in [3.63, 3.8) is 0 Å². The van der Waals surface area contributed by atoms with Crippen LogP contribution >= 0.6 is 15.9 Å². The molecule has 18 heavy (non-hydrogen) atoms. The summed E-state index contributed by atoms with van der Waals surface area (Å²) in [7, 11) is 0. The molecule has 5 heteroatoms. The molecule has 0 fully saturated rings. The molecule has 0 aliphatic carbocycles. The number of pyridine rings is 1. The van der Waals surface area contributed by atoms with Crippen LogP contribution in [0.2, 0.25) is 0 Å². The van der Waals surface area contributed by atoms with Gasteiger partial charge >= 0.3 is 0 Å². The number of ether oxygens (including phenoxy) is 1. The van der Waals surface area contributed by atoms with Crippen LogP contribution in [0.25, 0.3) is 0 Å². The Morgan fingerprint density at radius 1 is 1.28 bits per heavy atom. The predicted molar refractivity (Wildman–Crippen MR) is 68.6 cm³/mol. The van der Waals surface area contributed by atoms with E-state index in [-0.39, 0.29) is 13.2 Å². The van der Waals surface area contributed by atoms with Crippen LogP contribution in [-0.2, 0) is 13.2 Å². The van der Waals surface area contributed by atoms with Crippen molar-refractivity contribution in [2.45, 2.75) is 13.2 Å². The quantitative estimate of drug-likeness (QED) is 0.943. The van der Waals surface area contributed by atoms with Crippen molar-refractivity contribution in [1.29, 1.82) is 0 Å². The lowest BCUT2D eigenvalue weighted by Gasteiger charge is -2.10. The van der Waals surface area contributed by atoms with E-state index in [1.165, 1.54) is 6.07 Å². The molecule has 0 aliphatic rings. The van der Waals surface area contributed by atoms with E-state index < -0.39 is 5.82 Å². The predicted octanol–water partition coefficient (Wildman–Crippen LogP) is 3.05. The number of hydrogen-bond donors (Lipinski definition) is 1. The molecule has 2 rings (SSSR count). The third-order valence-electron chi connectivity index (χ3n) is 2.35. The molecule has 1 heterocycles. The zero-order chi connectivity index (χ0) is 13.0. The molecule has 3 nitrogen and oxygen atoms in total. The van der Waals surface area contributed by atoms with Gasteiger partial charge in [-0.3, -0.25) is 4.98 Å². The molecule has 1 N–H and O–H groups in total. The maximum absolute atomic E-state index is 12.9. The molecule has 0 amide bonds. The lowest BCUT2D eigenvalue weighted by Crippen LogP contribution is -1.99. The maximum atomic E-state index is 12.9. The summed E-state index contributed by atoms with van der Waals surface area (Å²) >= 11 is 3.32. The van der Waals surface area contributed by atoms with Crippen LogP contribution in [0, 0.1) is 5.82 Å². The first-order valence-electron chi connectivity index (χ1n) is 5.30. The molecule has 1 aromatic heterocycles. The highest BCUT2D eigenvalue weighted by molar-refractivity contribution is 9.10. The average Bonchev–Trinajstić information content (AvgIpc) is 2.37. The largest absolute Gasteiger partial charge is 0.488 e. The second-order valence-corrected chi connectivity index (χ2v) is 4.63. The van der Waals surface area contributed by atoms with Gasteiger partial charge in [-0.2, -0.15) is 0 Å². The number of aromatic nitrogens is 1. The van der Waals surface area contributed by atoms with Crippen molar-refractivity contribution < 1.29 is 14.2 Å². The average molecular weight is 312 g/mol. The smallest absolute Gasteiger partial charge is 0.141 e. The molecule has 0 spiro atoms. The highest BCUT2D eigenvalue weighted by atomic mass is 79.9. The van der Waals surface area contributed by atoms with Gasteiger partial charge in [-0.05, 0) is 24.3 Å². The van der Waals surface area contributed by atoms with Gasteiger partial charge in [0.05, 0.1) is 12.8 Å². The summed E-state index contributed by atoms with van der Waals surface area (Å²) in [6.45, 7) is 0.0928. The summed E-state index contributed by atoms with van der Waals surface area (Å²) in [5.74, 6) is 0.180. The zero-order valence-corrected chi connectivity index (χ0v) is 11.0. The standard InChI is InChI=1S/C13H11BrFNO2/c14-11-1-2-13(10(4-11)7-17)18-8-9-3-12(15)6-16-5-9/h1-6,17H,7-8H2. The van der Waals surface area contributed by atoms with Crippen molar-refractivity contribution in [3.05, 3.63) is 58.1 Å². The molecule has 1 aromatic carbocycles. The number of halogens is 2. The van der Waals surface area contributed by atoms with Gasteiger partial charge in [0.25, 0.3) is 0 Å². The zero-order valence-electron chi connectivity index (χ0n) is 9.44. The summed E-state index contributed by atoms with van der Waals surface area (Å²) in [5.41, 5.74) is 1.32. The Bertz CT molecular complexity index is 548. The van der Waals surface area contributed by atoms with Crippen LogP contribution < -0.4 is 4.74 Å². The normalized spacial score (nSPS) is 10.4. The van der Waals surface area contributed by atoms with Crippen molar-refractivity contribution in [1.82, 2.24) is 4.98 Å². The molecular weight excluding hydrogens is 301 g/mol. The number of nitrogens with zero attached hydrogens (tertiary/aromatic N) is 1. The molecular formula is C13H11BrFNO2. The molecule has 94 valence electrons. The van der Waals surface area contributed by atoms with E-state index in [4.69, 9.17) is 4.74 Å². The van der Waals surface area contributed by atoms with Crippen molar-refractivity contribution in [3.8, 4) is 5.75 Å². The molecule has 2 aromatic rings. The van der Waals surface area contributed by atoms with E-state index in [2.05, 4.69) is 20.9 Å². The number of aliphatic hydroxyl groups is 1. The molecule has 0 aliphatic heterocycles. The first-order chi connectivity index (χ1) is 8.69. The van der Waals surface area contributed by atoms with Crippen LogP contribution in [0.3, 0.4) is 0 Å². The molecule has 0 saturated carbocycles. The minimum Gasteiger partial charge on any atom is -0.488 e. The minimum absolute atomic E-state index is 0.115. The van der Waals surface area contributed by atoms with Gasteiger partial charge in [0.15, 0.2) is 0 Å². The van der Waals surface area contributed by atoms with E-state index in [1.807, 2.05) is 6.07 Å². The lowest BCUT2D eigenvalue weighted by atomic mass is 10.2. The summed E-state index contributed by atoms with van der Waals surface area (Å²) in [5, 5.41) is 9.21. The second-order valence-electron chi connectivity index (χ2n) is 3.71. The molecule has 0 atom stereocenters. The Labute approximate surface area is 112 Å². The fourth-order valence-corrected chi connectivity index (χ4v) is 1.92. The Morgan fingerprint density at radius 2 is 2.11 bits per heavy atom. The van der Waals surface area contributed by atoms with Crippen molar-refractivity contribution >= 4 is 15.9 Å². The maximum Gasteiger partial charge on any atom is 0.141 e. The van der Waals surface area contributed by atoms with Gasteiger partial charge in [0.1, 0.15) is 18.2 Å². The van der Waals surface area contributed by atoms with Crippen LogP contribution in [-0.4, -0.2) is 10.1 Å². The highest BCUT2D eigenvalue weighted by Gasteiger charge is 2.04. The Morgan fingerprint density at radius 3 is 2.83 bits per heavy atom. The molecule has 0 unspecified atom stereocenters. The van der Waals surface area contributed by atoms with Gasteiger partial charge in [0.2, 0.25) is 0 Å². The first-order valence-corrected chi connectivity index (χ1v) is 6.10. The third-order valence-corrected chi connectivity index (χ3v) is 2.84. The summed E-state index contributed by atoms with van der Waals surface area (Å²) in [6.07, 6.45) is 2.68. The summed E-state index contributed by atoms with van der Waals surface area (Å²) in [6, 6.07) is 6.71. The van der Waals surface area contributed by atoms with Crippen LogP contribution in [0.15, 0.2) is 41.1 Å². The topological polar surface area (TPSA) is 42.4 Å². The van der Waals surface area contributed by atoms with E-state index in [9.17, 15) is 9.50 Å². The second kappa shape index (κ2) is 5.93. The lowest BCUT2D eigenvalue weighted by molar-refractivity contribution is 0.258. The van der Waals surface area contributed by atoms with Crippen LogP contribution in [0.5, 0.6) is 5.75 Å². The molecule has 0 bridgehead atoms. The monoisotopic (exact) mass is 311 g/mol. The summed E-state index contributed by atoms with van der Waals surface area (Å²) < 4.78 is 19.3. The van der Waals surface area contributed by atoms with Gasteiger partial charge in [-0.15, -0.1) is 0 Å². The Hall–Kier alpha value is -1.46. The first kappa shape index (κ1) is 13.0. The van der Waals surface area contributed by atoms with Gasteiger partial charge < -0.3 is 9.84 Å². The van der Waals surface area contributed by atoms with Gasteiger partial charge in [0, 0.05) is 21.8 Å². The van der Waals surface area contributed by atoms with E-state index in [1.54, 1.807) is 18.3 Å². The Balaban J connectivity index is 2.10. The highest BCUT2D eigenvalue weighted by Crippen LogP contribution is 2.24. The van der Waals surface area contributed by atoms with E-state index in [0.29, 0.717) is 16.9 Å². The number of aliphatic hydroxyl groups excluding tert-OH is 1. The SMILES string of the molecule is OCc1cc(Br)ccc1OCc1cncc(F)c1. The summed E-state index contributed by atoms with van der Waals surface area (Å²) in [4.78, 5) is 3.74. The van der Waals surface area contributed by atoms with Crippen molar-refractivity contribution in [2.75, 3.05) is 0 Å². The molecule has 0 radical (unpaired) electrons. The van der Waals surface area contributed by atoms with E-state index in [0.717, 1.165) is 10.7 Å². The van der Waals surface area contributed by atoms with E-state index >= 15 is 0 Å². The third kappa shape index (κ3) is 3.27. The van der Waals surface area contributed by atoms with Crippen LogP contribution in [0.1, 0.15) is 11.1 Å². The minimum atomic E-state index is -0.394. The van der Waals surface area contributed by atoms with Crippen molar-refractivity contribution in [2.24, 2.45) is 0 Å². The van der Waals surface area contributed by atoms with Gasteiger partial charge in [-0.25, -0.2) is 4.39 Å².